The molecule has 6 nitrogen and oxygen atoms in total. The maximum atomic E-state index is 12.9. The Morgan fingerprint density at radius 2 is 1.89 bits per heavy atom. The Bertz CT molecular complexity index is 813. The van der Waals surface area contributed by atoms with Crippen LogP contribution in [-0.2, 0) is 4.74 Å². The lowest BCUT2D eigenvalue weighted by atomic mass is 10.2. The first-order chi connectivity index (χ1) is 12.7. The van der Waals surface area contributed by atoms with Crippen LogP contribution in [0.3, 0.4) is 0 Å². The molecular formula is C20H25N3O3S. The Labute approximate surface area is 163 Å². The fourth-order valence-electron chi connectivity index (χ4n) is 2.99. The summed E-state index contributed by atoms with van der Waals surface area (Å²) in [7, 11) is 0. The first-order valence-electron chi connectivity index (χ1n) is 9.04. The second-order valence-electron chi connectivity index (χ2n) is 7.68. The van der Waals surface area contributed by atoms with Crippen LogP contribution in [0.5, 0.6) is 0 Å². The molecule has 1 fully saturated rings. The van der Waals surface area contributed by atoms with Crippen molar-refractivity contribution in [1.29, 1.82) is 0 Å². The van der Waals surface area contributed by atoms with Gasteiger partial charge in [-0.05, 0) is 27.7 Å². The molecule has 2 amide bonds. The Morgan fingerprint density at radius 3 is 2.52 bits per heavy atom. The van der Waals surface area contributed by atoms with Gasteiger partial charge < -0.3 is 14.5 Å². The SMILES string of the molecule is C[C@H]1CN(C(=O)OC(C)(C)C)CCN1C(=O)c1nc(-c2ccccc2)cs1. The summed E-state index contributed by atoms with van der Waals surface area (Å²) in [6, 6.07) is 9.72. The Balaban J connectivity index is 1.65. The Kier molecular flexibility index (Phi) is 5.51. The number of ether oxygens (including phenoxy) is 1. The van der Waals surface area contributed by atoms with E-state index in [0.717, 1.165) is 11.3 Å². The fourth-order valence-corrected chi connectivity index (χ4v) is 3.77. The van der Waals surface area contributed by atoms with E-state index in [9.17, 15) is 9.59 Å². The van der Waals surface area contributed by atoms with E-state index in [1.807, 2.05) is 63.4 Å². The lowest BCUT2D eigenvalue weighted by Gasteiger charge is -2.39. The highest BCUT2D eigenvalue weighted by Gasteiger charge is 2.33. The predicted octanol–water partition coefficient (Wildman–Crippen LogP) is 3.89. The Hall–Kier alpha value is -2.41. The van der Waals surface area contributed by atoms with Crippen LogP contribution in [0.2, 0.25) is 0 Å². The smallest absolute Gasteiger partial charge is 0.410 e. The highest BCUT2D eigenvalue weighted by molar-refractivity contribution is 7.12. The van der Waals surface area contributed by atoms with E-state index in [1.54, 1.807) is 9.80 Å². The molecule has 3 rings (SSSR count). The van der Waals surface area contributed by atoms with Gasteiger partial charge in [-0.1, -0.05) is 30.3 Å². The molecular weight excluding hydrogens is 362 g/mol. The summed E-state index contributed by atoms with van der Waals surface area (Å²) in [5.74, 6) is -0.0847. The van der Waals surface area contributed by atoms with Crippen molar-refractivity contribution < 1.29 is 14.3 Å². The fraction of sp³-hybridized carbons (Fsp3) is 0.450. The molecule has 1 aliphatic heterocycles. The van der Waals surface area contributed by atoms with Crippen molar-refractivity contribution in [2.24, 2.45) is 0 Å². The average molecular weight is 388 g/mol. The maximum absolute atomic E-state index is 12.9. The largest absolute Gasteiger partial charge is 0.444 e. The quantitative estimate of drug-likeness (QED) is 0.784. The van der Waals surface area contributed by atoms with Crippen molar-refractivity contribution in [3.05, 3.63) is 40.7 Å². The van der Waals surface area contributed by atoms with Crippen LogP contribution in [0.1, 0.15) is 37.5 Å². The van der Waals surface area contributed by atoms with E-state index in [1.165, 1.54) is 11.3 Å². The number of piperazine rings is 1. The minimum Gasteiger partial charge on any atom is -0.444 e. The van der Waals surface area contributed by atoms with Crippen LogP contribution in [0.4, 0.5) is 4.79 Å². The van der Waals surface area contributed by atoms with Crippen molar-refractivity contribution in [1.82, 2.24) is 14.8 Å². The third-order valence-electron chi connectivity index (χ3n) is 4.30. The van der Waals surface area contributed by atoms with Crippen LogP contribution in [0.25, 0.3) is 11.3 Å². The molecule has 27 heavy (non-hydrogen) atoms. The summed E-state index contributed by atoms with van der Waals surface area (Å²) in [5.41, 5.74) is 1.28. The number of hydrogen-bond donors (Lipinski definition) is 0. The summed E-state index contributed by atoms with van der Waals surface area (Å²) in [4.78, 5) is 33.1. The molecule has 1 aromatic heterocycles. The van der Waals surface area contributed by atoms with Gasteiger partial charge in [-0.15, -0.1) is 11.3 Å². The first-order valence-corrected chi connectivity index (χ1v) is 9.92. The molecule has 1 atom stereocenters. The van der Waals surface area contributed by atoms with Gasteiger partial charge in [-0.3, -0.25) is 4.79 Å². The second kappa shape index (κ2) is 7.68. The summed E-state index contributed by atoms with van der Waals surface area (Å²) in [5, 5.41) is 2.39. The van der Waals surface area contributed by atoms with Crippen molar-refractivity contribution in [2.75, 3.05) is 19.6 Å². The zero-order valence-corrected chi connectivity index (χ0v) is 17.0. The molecule has 0 radical (unpaired) electrons. The minimum absolute atomic E-state index is 0.0847. The molecule has 0 spiro atoms. The standard InChI is InChI=1S/C20H25N3O3S/c1-14-12-22(19(25)26-20(2,3)4)10-11-23(14)18(24)17-21-16(13-27-17)15-8-6-5-7-9-15/h5-9,13-14H,10-12H2,1-4H3/t14-/m0/s1. The first kappa shape index (κ1) is 19.4. The van der Waals surface area contributed by atoms with E-state index in [0.29, 0.717) is 24.6 Å². The number of amides is 2. The summed E-state index contributed by atoms with van der Waals surface area (Å²) in [6.45, 7) is 8.88. The van der Waals surface area contributed by atoms with E-state index in [2.05, 4.69) is 4.98 Å². The third-order valence-corrected chi connectivity index (χ3v) is 5.13. The van der Waals surface area contributed by atoms with Gasteiger partial charge >= 0.3 is 6.09 Å². The molecule has 0 aliphatic carbocycles. The molecule has 0 unspecified atom stereocenters. The molecule has 2 heterocycles. The van der Waals surface area contributed by atoms with Crippen LogP contribution in [0, 0.1) is 0 Å². The zero-order chi connectivity index (χ0) is 19.6. The summed E-state index contributed by atoms with van der Waals surface area (Å²) >= 11 is 1.36. The maximum Gasteiger partial charge on any atom is 0.410 e. The van der Waals surface area contributed by atoms with E-state index < -0.39 is 5.60 Å². The molecule has 1 saturated heterocycles. The van der Waals surface area contributed by atoms with Gasteiger partial charge in [0.1, 0.15) is 5.60 Å². The topological polar surface area (TPSA) is 62.7 Å². The molecule has 144 valence electrons. The number of thiazole rings is 1. The number of carbonyl (C=O) groups excluding carboxylic acids is 2. The number of rotatable bonds is 2. The van der Waals surface area contributed by atoms with Gasteiger partial charge in [0.2, 0.25) is 0 Å². The highest BCUT2D eigenvalue weighted by Crippen LogP contribution is 2.24. The average Bonchev–Trinajstić information content (AvgIpc) is 3.10. The zero-order valence-electron chi connectivity index (χ0n) is 16.1. The van der Waals surface area contributed by atoms with Crippen LogP contribution in [-0.4, -0.2) is 58.1 Å². The molecule has 0 saturated carbocycles. The third kappa shape index (κ3) is 4.66. The lowest BCUT2D eigenvalue weighted by molar-refractivity contribution is 0.00617. The van der Waals surface area contributed by atoms with Crippen LogP contribution < -0.4 is 0 Å². The second-order valence-corrected chi connectivity index (χ2v) is 8.54. The van der Waals surface area contributed by atoms with E-state index in [4.69, 9.17) is 4.74 Å². The molecule has 1 aliphatic rings. The van der Waals surface area contributed by atoms with Crippen molar-refractivity contribution in [3.8, 4) is 11.3 Å². The van der Waals surface area contributed by atoms with Gasteiger partial charge in [0.05, 0.1) is 5.69 Å². The van der Waals surface area contributed by atoms with Gasteiger partial charge in [0.15, 0.2) is 5.01 Å². The van der Waals surface area contributed by atoms with E-state index in [-0.39, 0.29) is 18.0 Å². The molecule has 2 aromatic rings. The number of hydrogen-bond acceptors (Lipinski definition) is 5. The molecule has 1 aromatic carbocycles. The molecule has 7 heteroatoms. The highest BCUT2D eigenvalue weighted by atomic mass is 32.1. The molecule has 0 N–H and O–H groups in total. The van der Waals surface area contributed by atoms with Crippen molar-refractivity contribution in [3.63, 3.8) is 0 Å². The summed E-state index contributed by atoms with van der Waals surface area (Å²) < 4.78 is 5.43. The lowest BCUT2D eigenvalue weighted by Crippen LogP contribution is -2.56. The molecule has 0 bridgehead atoms. The minimum atomic E-state index is -0.526. The van der Waals surface area contributed by atoms with Crippen molar-refractivity contribution in [2.45, 2.75) is 39.3 Å². The van der Waals surface area contributed by atoms with Gasteiger partial charge in [-0.2, -0.15) is 0 Å². The number of carbonyl (C=O) groups is 2. The number of nitrogens with zero attached hydrogens (tertiary/aromatic N) is 3. The predicted molar refractivity (Wildman–Crippen MR) is 106 cm³/mol. The number of aromatic nitrogens is 1. The summed E-state index contributed by atoms with van der Waals surface area (Å²) in [6.07, 6.45) is -0.331. The number of benzene rings is 1. The Morgan fingerprint density at radius 1 is 1.19 bits per heavy atom. The van der Waals surface area contributed by atoms with Gasteiger partial charge in [0.25, 0.3) is 5.91 Å². The van der Waals surface area contributed by atoms with Crippen molar-refractivity contribution >= 4 is 23.3 Å². The van der Waals surface area contributed by atoms with Crippen LogP contribution in [0.15, 0.2) is 35.7 Å². The van der Waals surface area contributed by atoms with Gasteiger partial charge in [-0.25, -0.2) is 9.78 Å². The van der Waals surface area contributed by atoms with E-state index >= 15 is 0 Å². The van der Waals surface area contributed by atoms with Crippen LogP contribution >= 0.6 is 11.3 Å². The normalized spacial score (nSPS) is 17.7. The monoisotopic (exact) mass is 387 g/mol. The van der Waals surface area contributed by atoms with Gasteiger partial charge in [0, 0.05) is 36.6 Å².